The van der Waals surface area contributed by atoms with Crippen LogP contribution in [0.4, 0.5) is 0 Å². The van der Waals surface area contributed by atoms with Crippen LogP contribution in [0, 0.1) is 0 Å². The molecule has 8 heteroatoms. The number of aliphatic hydroxyl groups is 1. The summed E-state index contributed by atoms with van der Waals surface area (Å²) in [5, 5.41) is 13.6. The van der Waals surface area contributed by atoms with E-state index in [2.05, 4.69) is 19.2 Å². The number of carbonyl (C=O) groups excluding carboxylic acids is 1. The molecule has 0 heterocycles. The van der Waals surface area contributed by atoms with Crippen LogP contribution in [0.1, 0.15) is 322 Å². The lowest BCUT2D eigenvalue weighted by atomic mass is 10.0. The molecular weight excluding hydrogens is 790 g/mol. The van der Waals surface area contributed by atoms with Crippen LogP contribution >= 0.6 is 7.82 Å². The van der Waals surface area contributed by atoms with Gasteiger partial charge in [0, 0.05) is 6.42 Å². The number of hydrogen-bond acceptors (Lipinski definition) is 4. The summed E-state index contributed by atoms with van der Waals surface area (Å²) in [6, 6.07) is -0.819. The fraction of sp³-hybridized carbons (Fsp3) is 0.981. The van der Waals surface area contributed by atoms with Gasteiger partial charge in [0.25, 0.3) is 0 Å². The molecule has 0 saturated carbocycles. The molecule has 0 radical (unpaired) electrons. The predicted molar refractivity (Wildman–Crippen MR) is 269 cm³/mol. The standard InChI is InChI=1S/C54H110NO6P/c1-3-5-7-9-11-13-15-17-19-20-21-22-23-24-25-26-27-28-29-30-31-32-33-34-36-38-40-42-44-46-48-50-54(57)55-52(51-61-62(58,59)60)53(56)49-47-45-43-41-39-37-35-18-16-14-12-10-8-6-4-2/h52-53,56H,3-51H2,1-2H3,(H,55,57)(H2,58,59,60)/t52-,53+/m0/s1. The van der Waals surface area contributed by atoms with E-state index in [4.69, 9.17) is 4.52 Å². The minimum Gasteiger partial charge on any atom is -0.391 e. The zero-order chi connectivity index (χ0) is 45.3. The molecule has 0 saturated heterocycles. The topological polar surface area (TPSA) is 116 Å². The van der Waals surface area contributed by atoms with Crippen molar-refractivity contribution in [2.45, 2.75) is 334 Å². The molecule has 0 aliphatic carbocycles. The first kappa shape index (κ1) is 61.5. The van der Waals surface area contributed by atoms with Crippen molar-refractivity contribution in [2.75, 3.05) is 6.61 Å². The first-order valence-corrected chi connectivity index (χ1v) is 29.5. The van der Waals surface area contributed by atoms with Crippen molar-refractivity contribution in [1.29, 1.82) is 0 Å². The van der Waals surface area contributed by atoms with E-state index in [0.29, 0.717) is 12.8 Å². The van der Waals surface area contributed by atoms with Crippen molar-refractivity contribution < 1.29 is 28.8 Å². The number of phosphoric acid groups is 1. The summed E-state index contributed by atoms with van der Waals surface area (Å²) in [6.07, 6.45) is 61.4. The van der Waals surface area contributed by atoms with Crippen LogP contribution in [0.5, 0.6) is 0 Å². The Morgan fingerprint density at radius 1 is 0.403 bits per heavy atom. The van der Waals surface area contributed by atoms with Gasteiger partial charge < -0.3 is 20.2 Å². The average Bonchev–Trinajstić information content (AvgIpc) is 3.25. The van der Waals surface area contributed by atoms with Crippen molar-refractivity contribution in [3.63, 3.8) is 0 Å². The second-order valence-electron chi connectivity index (χ2n) is 19.6. The number of unbranched alkanes of at least 4 members (excludes halogenated alkanes) is 44. The van der Waals surface area contributed by atoms with Crippen molar-refractivity contribution in [1.82, 2.24) is 5.32 Å². The van der Waals surface area contributed by atoms with Gasteiger partial charge in [-0.05, 0) is 12.8 Å². The maximum absolute atomic E-state index is 12.7. The first-order valence-electron chi connectivity index (χ1n) is 28.0. The average molecular weight is 900 g/mol. The van der Waals surface area contributed by atoms with Crippen LogP contribution in [0.15, 0.2) is 0 Å². The minimum atomic E-state index is -4.69. The molecular formula is C54H110NO6P. The number of phosphoric ester groups is 1. The van der Waals surface area contributed by atoms with E-state index in [1.165, 1.54) is 257 Å². The number of aliphatic hydroxyl groups excluding tert-OH is 1. The molecule has 0 rings (SSSR count). The third-order valence-corrected chi connectivity index (χ3v) is 13.8. The summed E-state index contributed by atoms with van der Waals surface area (Å²) in [7, 11) is -4.69. The predicted octanol–water partition coefficient (Wildman–Crippen LogP) is 17.7. The fourth-order valence-corrected chi connectivity index (χ4v) is 9.47. The van der Waals surface area contributed by atoms with E-state index in [-0.39, 0.29) is 5.91 Å². The zero-order valence-corrected chi connectivity index (χ0v) is 42.7. The summed E-state index contributed by atoms with van der Waals surface area (Å²) in [4.78, 5) is 31.1. The minimum absolute atomic E-state index is 0.185. The zero-order valence-electron chi connectivity index (χ0n) is 41.8. The summed E-state index contributed by atoms with van der Waals surface area (Å²) in [6.45, 7) is 4.17. The molecule has 0 fully saturated rings. The number of hydrogen-bond donors (Lipinski definition) is 4. The van der Waals surface area contributed by atoms with Crippen LogP contribution in [0.3, 0.4) is 0 Å². The van der Waals surface area contributed by atoms with Crippen molar-refractivity contribution in [3.8, 4) is 0 Å². The van der Waals surface area contributed by atoms with Gasteiger partial charge in [-0.3, -0.25) is 9.32 Å². The Kier molecular flexibility index (Phi) is 49.6. The number of rotatable bonds is 53. The Morgan fingerprint density at radius 2 is 0.629 bits per heavy atom. The molecule has 4 N–H and O–H groups in total. The van der Waals surface area contributed by atoms with E-state index < -0.39 is 26.6 Å². The van der Waals surface area contributed by atoms with Gasteiger partial charge in [0.1, 0.15) is 0 Å². The molecule has 0 aromatic heterocycles. The quantitative estimate of drug-likeness (QED) is 0.0357. The summed E-state index contributed by atoms with van der Waals surface area (Å²) >= 11 is 0. The maximum Gasteiger partial charge on any atom is 0.469 e. The van der Waals surface area contributed by atoms with Crippen LogP contribution in [-0.2, 0) is 13.9 Å². The molecule has 0 aromatic rings. The van der Waals surface area contributed by atoms with E-state index in [9.17, 15) is 24.3 Å². The van der Waals surface area contributed by atoms with E-state index in [1.54, 1.807) is 0 Å². The monoisotopic (exact) mass is 900 g/mol. The Labute approximate surface area is 387 Å². The second kappa shape index (κ2) is 50.0. The second-order valence-corrected chi connectivity index (χ2v) is 20.9. The largest absolute Gasteiger partial charge is 0.469 e. The highest BCUT2D eigenvalue weighted by Gasteiger charge is 2.25. The third kappa shape index (κ3) is 50.5. The van der Waals surface area contributed by atoms with Gasteiger partial charge in [0.05, 0.1) is 18.8 Å². The number of carbonyl (C=O) groups is 1. The first-order chi connectivity index (χ1) is 30.3. The van der Waals surface area contributed by atoms with Crippen LogP contribution in [0.2, 0.25) is 0 Å². The molecule has 0 aromatic carbocycles. The smallest absolute Gasteiger partial charge is 0.391 e. The normalized spacial score (nSPS) is 12.9. The molecule has 372 valence electrons. The van der Waals surface area contributed by atoms with Gasteiger partial charge in [0.2, 0.25) is 5.91 Å². The molecule has 1 amide bonds. The Hall–Kier alpha value is -0.460. The fourth-order valence-electron chi connectivity index (χ4n) is 9.12. The Bertz CT molecular complexity index is 931. The van der Waals surface area contributed by atoms with E-state index in [1.807, 2.05) is 0 Å². The summed E-state index contributed by atoms with van der Waals surface area (Å²) < 4.78 is 16.1. The van der Waals surface area contributed by atoms with Gasteiger partial charge in [-0.1, -0.05) is 303 Å². The molecule has 0 aliphatic heterocycles. The summed E-state index contributed by atoms with van der Waals surface area (Å²) in [5.41, 5.74) is 0. The number of nitrogens with one attached hydrogen (secondary N) is 1. The Morgan fingerprint density at radius 3 is 0.871 bits per heavy atom. The molecule has 0 aliphatic rings. The van der Waals surface area contributed by atoms with Gasteiger partial charge in [-0.2, -0.15) is 0 Å². The van der Waals surface area contributed by atoms with Gasteiger partial charge in [0.15, 0.2) is 0 Å². The molecule has 0 unspecified atom stereocenters. The van der Waals surface area contributed by atoms with Gasteiger partial charge >= 0.3 is 7.82 Å². The highest BCUT2D eigenvalue weighted by molar-refractivity contribution is 7.46. The highest BCUT2D eigenvalue weighted by atomic mass is 31.2. The van der Waals surface area contributed by atoms with Crippen LogP contribution in [-0.4, -0.2) is 39.6 Å². The van der Waals surface area contributed by atoms with Crippen LogP contribution in [0.25, 0.3) is 0 Å². The van der Waals surface area contributed by atoms with Crippen molar-refractivity contribution in [2.24, 2.45) is 0 Å². The van der Waals surface area contributed by atoms with Gasteiger partial charge in [-0.25, -0.2) is 4.57 Å². The SMILES string of the molecule is CCCCCCCCCCCCCCCCCCCCCCCCCCCCCCCCCC(=O)N[C@@H](COP(=O)(O)O)[C@H](O)CCCCCCCCCCCCCCCCC. The van der Waals surface area contributed by atoms with Crippen molar-refractivity contribution >= 4 is 13.7 Å². The van der Waals surface area contributed by atoms with E-state index in [0.717, 1.165) is 38.5 Å². The van der Waals surface area contributed by atoms with Crippen molar-refractivity contribution in [3.05, 3.63) is 0 Å². The summed E-state index contributed by atoms with van der Waals surface area (Å²) in [5.74, 6) is -0.185. The number of amides is 1. The lowest BCUT2D eigenvalue weighted by Gasteiger charge is -2.24. The third-order valence-electron chi connectivity index (χ3n) is 13.3. The lowest BCUT2D eigenvalue weighted by molar-refractivity contribution is -0.123. The molecule has 2 atom stereocenters. The lowest BCUT2D eigenvalue weighted by Crippen LogP contribution is -2.46. The maximum atomic E-state index is 12.7. The van der Waals surface area contributed by atoms with Gasteiger partial charge in [-0.15, -0.1) is 0 Å². The molecule has 0 bridgehead atoms. The van der Waals surface area contributed by atoms with Crippen LogP contribution < -0.4 is 5.32 Å². The molecule has 0 spiro atoms. The molecule has 7 nitrogen and oxygen atoms in total. The Balaban J connectivity index is 3.64. The molecule has 62 heavy (non-hydrogen) atoms. The van der Waals surface area contributed by atoms with E-state index >= 15 is 0 Å². The highest BCUT2D eigenvalue weighted by Crippen LogP contribution is 2.36.